The molecular weight excluding hydrogens is 264 g/mol. The number of aromatic amines is 1. The van der Waals surface area contributed by atoms with Crippen molar-refractivity contribution in [3.05, 3.63) is 30.1 Å². The maximum atomic E-state index is 12.0. The molecule has 0 spiro atoms. The average Bonchev–Trinajstić information content (AvgIpc) is 3.14. The second-order valence-corrected chi connectivity index (χ2v) is 5.83. The number of nitrogens with zero attached hydrogens (tertiary/aromatic N) is 1. The van der Waals surface area contributed by atoms with Crippen LogP contribution in [0.15, 0.2) is 24.3 Å². The van der Waals surface area contributed by atoms with Gasteiger partial charge in [0.15, 0.2) is 0 Å². The number of fused-ring (bicyclic) bond motifs is 1. The molecule has 0 saturated carbocycles. The number of para-hydroxylation sites is 2. The largest absolute Gasteiger partial charge is 0.346 e. The third-order valence-corrected chi connectivity index (χ3v) is 4.14. The minimum atomic E-state index is -0.0911. The number of aromatic nitrogens is 2. The molecule has 1 saturated heterocycles. The number of rotatable bonds is 5. The Morgan fingerprint density at radius 3 is 3.10 bits per heavy atom. The molecule has 1 amide bonds. The van der Waals surface area contributed by atoms with Crippen molar-refractivity contribution in [2.45, 2.75) is 32.2 Å². The molecule has 1 aliphatic heterocycles. The van der Waals surface area contributed by atoms with Gasteiger partial charge in [0.2, 0.25) is 5.91 Å². The third-order valence-electron chi connectivity index (χ3n) is 4.14. The van der Waals surface area contributed by atoms with Gasteiger partial charge in [-0.1, -0.05) is 12.1 Å². The zero-order valence-corrected chi connectivity index (χ0v) is 12.4. The molecule has 5 heteroatoms. The van der Waals surface area contributed by atoms with Gasteiger partial charge in [-0.3, -0.25) is 4.79 Å². The fraction of sp³-hybridized carbons (Fsp3) is 0.500. The number of imidazole rings is 1. The van der Waals surface area contributed by atoms with E-state index in [4.69, 9.17) is 0 Å². The highest BCUT2D eigenvalue weighted by atomic mass is 16.1. The van der Waals surface area contributed by atoms with Crippen molar-refractivity contribution in [3.8, 4) is 0 Å². The number of hydrogen-bond donors (Lipinski definition) is 3. The SMILES string of the molecule is CC(NC(=O)CCC1CCNC1)c1nc2ccccc2[nH]1. The first-order valence-corrected chi connectivity index (χ1v) is 7.67. The van der Waals surface area contributed by atoms with Crippen molar-refractivity contribution in [2.24, 2.45) is 5.92 Å². The Bertz CT molecular complexity index is 583. The van der Waals surface area contributed by atoms with Crippen LogP contribution in [-0.4, -0.2) is 29.0 Å². The Hall–Kier alpha value is -1.88. The normalized spacial score (nSPS) is 19.8. The van der Waals surface area contributed by atoms with Gasteiger partial charge in [-0.05, 0) is 50.9 Å². The Kier molecular flexibility index (Phi) is 4.20. The lowest BCUT2D eigenvalue weighted by atomic mass is 10.0. The quantitative estimate of drug-likeness (QED) is 0.788. The van der Waals surface area contributed by atoms with E-state index < -0.39 is 0 Å². The summed E-state index contributed by atoms with van der Waals surface area (Å²) in [6.07, 6.45) is 2.75. The van der Waals surface area contributed by atoms with E-state index in [9.17, 15) is 4.79 Å². The molecule has 0 radical (unpaired) electrons. The smallest absolute Gasteiger partial charge is 0.220 e. The van der Waals surface area contributed by atoms with Gasteiger partial charge in [0.25, 0.3) is 0 Å². The summed E-state index contributed by atoms with van der Waals surface area (Å²) in [7, 11) is 0. The molecular formula is C16H22N4O. The van der Waals surface area contributed by atoms with Gasteiger partial charge in [0.05, 0.1) is 17.1 Å². The fourth-order valence-corrected chi connectivity index (χ4v) is 2.86. The van der Waals surface area contributed by atoms with Crippen LogP contribution in [0.4, 0.5) is 0 Å². The van der Waals surface area contributed by atoms with E-state index in [0.29, 0.717) is 12.3 Å². The third kappa shape index (κ3) is 3.42. The Labute approximate surface area is 124 Å². The van der Waals surface area contributed by atoms with Crippen molar-refractivity contribution in [2.75, 3.05) is 13.1 Å². The molecule has 5 nitrogen and oxygen atoms in total. The molecule has 2 atom stereocenters. The van der Waals surface area contributed by atoms with Gasteiger partial charge in [-0.2, -0.15) is 0 Å². The van der Waals surface area contributed by atoms with Gasteiger partial charge in [-0.15, -0.1) is 0 Å². The highest BCUT2D eigenvalue weighted by Gasteiger charge is 2.17. The van der Waals surface area contributed by atoms with E-state index in [1.165, 1.54) is 6.42 Å². The van der Waals surface area contributed by atoms with Gasteiger partial charge in [-0.25, -0.2) is 4.98 Å². The molecule has 3 rings (SSSR count). The van der Waals surface area contributed by atoms with Gasteiger partial charge < -0.3 is 15.6 Å². The summed E-state index contributed by atoms with van der Waals surface area (Å²) >= 11 is 0. The van der Waals surface area contributed by atoms with E-state index in [1.54, 1.807) is 0 Å². The van der Waals surface area contributed by atoms with Crippen molar-refractivity contribution in [1.82, 2.24) is 20.6 Å². The number of H-pyrrole nitrogens is 1. The van der Waals surface area contributed by atoms with Crippen LogP contribution in [0, 0.1) is 5.92 Å². The molecule has 1 aromatic carbocycles. The first-order valence-electron chi connectivity index (χ1n) is 7.67. The molecule has 21 heavy (non-hydrogen) atoms. The number of hydrogen-bond acceptors (Lipinski definition) is 3. The maximum absolute atomic E-state index is 12.0. The van der Waals surface area contributed by atoms with Crippen LogP contribution in [0.5, 0.6) is 0 Å². The zero-order valence-electron chi connectivity index (χ0n) is 12.4. The summed E-state index contributed by atoms with van der Waals surface area (Å²) in [6, 6.07) is 7.81. The van der Waals surface area contributed by atoms with E-state index in [2.05, 4.69) is 20.6 Å². The van der Waals surface area contributed by atoms with Crippen LogP contribution >= 0.6 is 0 Å². The molecule has 112 valence electrons. The van der Waals surface area contributed by atoms with Crippen LogP contribution in [0.3, 0.4) is 0 Å². The lowest BCUT2D eigenvalue weighted by Gasteiger charge is -2.13. The molecule has 2 aromatic rings. The highest BCUT2D eigenvalue weighted by molar-refractivity contribution is 5.77. The lowest BCUT2D eigenvalue weighted by Crippen LogP contribution is -2.27. The Morgan fingerprint density at radius 1 is 1.48 bits per heavy atom. The minimum absolute atomic E-state index is 0.0911. The molecule has 0 aliphatic carbocycles. The lowest BCUT2D eigenvalue weighted by molar-refractivity contribution is -0.122. The second-order valence-electron chi connectivity index (χ2n) is 5.83. The van der Waals surface area contributed by atoms with Crippen molar-refractivity contribution in [1.29, 1.82) is 0 Å². The standard InChI is InChI=1S/C16H22N4O/c1-11(16-19-13-4-2-3-5-14(13)20-16)18-15(21)7-6-12-8-9-17-10-12/h2-5,11-12,17H,6-10H2,1H3,(H,18,21)(H,19,20). The van der Waals surface area contributed by atoms with Gasteiger partial charge in [0.1, 0.15) is 5.82 Å². The van der Waals surface area contributed by atoms with E-state index in [1.807, 2.05) is 31.2 Å². The van der Waals surface area contributed by atoms with E-state index >= 15 is 0 Å². The van der Waals surface area contributed by atoms with Crippen LogP contribution in [0.1, 0.15) is 38.1 Å². The van der Waals surface area contributed by atoms with Crippen molar-refractivity contribution < 1.29 is 4.79 Å². The molecule has 1 aliphatic rings. The number of carbonyl (C=O) groups is 1. The van der Waals surface area contributed by atoms with Crippen LogP contribution < -0.4 is 10.6 Å². The molecule has 3 N–H and O–H groups in total. The molecule has 2 heterocycles. The van der Waals surface area contributed by atoms with Crippen molar-refractivity contribution >= 4 is 16.9 Å². The van der Waals surface area contributed by atoms with Crippen LogP contribution in [0.25, 0.3) is 11.0 Å². The van der Waals surface area contributed by atoms with Gasteiger partial charge in [0, 0.05) is 6.42 Å². The Morgan fingerprint density at radius 2 is 2.33 bits per heavy atom. The summed E-state index contributed by atoms with van der Waals surface area (Å²) in [5, 5.41) is 6.36. The van der Waals surface area contributed by atoms with Crippen LogP contribution in [0.2, 0.25) is 0 Å². The molecule has 1 fully saturated rings. The summed E-state index contributed by atoms with van der Waals surface area (Å²) in [6.45, 7) is 4.10. The van der Waals surface area contributed by atoms with Gasteiger partial charge >= 0.3 is 0 Å². The summed E-state index contributed by atoms with van der Waals surface area (Å²) in [5.41, 5.74) is 1.94. The topological polar surface area (TPSA) is 69.8 Å². The number of nitrogens with one attached hydrogen (secondary N) is 3. The Balaban J connectivity index is 1.54. The first kappa shape index (κ1) is 14.1. The molecule has 2 unspecified atom stereocenters. The first-order chi connectivity index (χ1) is 10.2. The average molecular weight is 286 g/mol. The second kappa shape index (κ2) is 6.26. The minimum Gasteiger partial charge on any atom is -0.346 e. The summed E-state index contributed by atoms with van der Waals surface area (Å²) < 4.78 is 0. The van der Waals surface area contributed by atoms with E-state index in [-0.39, 0.29) is 11.9 Å². The summed E-state index contributed by atoms with van der Waals surface area (Å²) in [5.74, 6) is 1.57. The summed E-state index contributed by atoms with van der Waals surface area (Å²) in [4.78, 5) is 19.8. The monoisotopic (exact) mass is 286 g/mol. The molecule has 1 aromatic heterocycles. The molecule has 0 bridgehead atoms. The maximum Gasteiger partial charge on any atom is 0.220 e. The van der Waals surface area contributed by atoms with E-state index in [0.717, 1.165) is 36.4 Å². The predicted molar refractivity (Wildman–Crippen MR) is 82.9 cm³/mol. The predicted octanol–water partition coefficient (Wildman–Crippen LogP) is 2.13. The zero-order chi connectivity index (χ0) is 14.7. The fourth-order valence-electron chi connectivity index (χ4n) is 2.86. The number of benzene rings is 1. The number of carbonyl (C=O) groups excluding carboxylic acids is 1. The van der Waals surface area contributed by atoms with Crippen molar-refractivity contribution in [3.63, 3.8) is 0 Å². The number of amides is 1. The highest BCUT2D eigenvalue weighted by Crippen LogP contribution is 2.17. The van der Waals surface area contributed by atoms with Crippen LogP contribution in [-0.2, 0) is 4.79 Å².